The van der Waals surface area contributed by atoms with Crippen LogP contribution in [0.4, 0.5) is 11.4 Å². The van der Waals surface area contributed by atoms with Gasteiger partial charge in [-0.25, -0.2) is 9.69 Å². The van der Waals surface area contributed by atoms with E-state index in [1.165, 1.54) is 24.3 Å². The summed E-state index contributed by atoms with van der Waals surface area (Å²) in [4.78, 5) is 38.4. The molecule has 2 amide bonds. The van der Waals surface area contributed by atoms with Crippen molar-refractivity contribution in [3.05, 3.63) is 69.9 Å². The van der Waals surface area contributed by atoms with Gasteiger partial charge in [-0.1, -0.05) is 30.7 Å². The molecule has 150 valence electrons. The number of carbonyl (C=O) groups excluding carboxylic acids is 3. The van der Waals surface area contributed by atoms with Gasteiger partial charge in [-0.05, 0) is 61.7 Å². The van der Waals surface area contributed by atoms with Crippen molar-refractivity contribution in [3.8, 4) is 0 Å². The van der Waals surface area contributed by atoms with Crippen LogP contribution in [0.15, 0.2) is 53.2 Å². The summed E-state index contributed by atoms with van der Waals surface area (Å²) in [5.74, 6) is -1.63. The van der Waals surface area contributed by atoms with E-state index < -0.39 is 17.8 Å². The van der Waals surface area contributed by atoms with Crippen molar-refractivity contribution in [2.24, 2.45) is 0 Å². The summed E-state index contributed by atoms with van der Waals surface area (Å²) in [6.07, 6.45) is 0.723. The molecule has 2 aromatic rings. The first kappa shape index (κ1) is 20.6. The number of esters is 1. The molecule has 29 heavy (non-hydrogen) atoms. The number of hydrogen-bond donors (Lipinski definition) is 1. The summed E-state index contributed by atoms with van der Waals surface area (Å²) >= 11 is 6.18. The number of halogens is 1. The zero-order valence-corrected chi connectivity index (χ0v) is 17.2. The van der Waals surface area contributed by atoms with Crippen LogP contribution in [-0.4, -0.2) is 24.4 Å². The van der Waals surface area contributed by atoms with Crippen LogP contribution in [0.2, 0.25) is 0 Å². The third kappa shape index (κ3) is 4.17. The first-order valence-electron chi connectivity index (χ1n) is 9.23. The Balaban J connectivity index is 1.82. The molecule has 1 aliphatic heterocycles. The highest BCUT2D eigenvalue weighted by molar-refractivity contribution is 6.53. The van der Waals surface area contributed by atoms with Crippen LogP contribution in [0.1, 0.15) is 34.8 Å². The van der Waals surface area contributed by atoms with Gasteiger partial charge in [0.1, 0.15) is 10.7 Å². The Morgan fingerprint density at radius 3 is 2.41 bits per heavy atom. The van der Waals surface area contributed by atoms with Crippen molar-refractivity contribution in [2.45, 2.75) is 27.2 Å². The van der Waals surface area contributed by atoms with Crippen LogP contribution < -0.4 is 10.2 Å². The molecule has 0 unspecified atom stereocenters. The zero-order valence-electron chi connectivity index (χ0n) is 16.4. The number of benzene rings is 2. The second kappa shape index (κ2) is 8.49. The van der Waals surface area contributed by atoms with E-state index in [2.05, 4.69) is 5.32 Å². The molecule has 0 saturated carbocycles. The summed E-state index contributed by atoms with van der Waals surface area (Å²) in [5.41, 5.74) is 3.32. The quantitative estimate of drug-likeness (QED) is 0.565. The SMILES string of the molecule is CCCOC(=O)c1ccc(N2C(=O)C(Cl)=C(Nc3cc(C)ccc3C)C2=O)cc1. The molecule has 0 fully saturated rings. The largest absolute Gasteiger partial charge is 0.462 e. The minimum Gasteiger partial charge on any atom is -0.462 e. The van der Waals surface area contributed by atoms with Gasteiger partial charge in [0.2, 0.25) is 0 Å². The lowest BCUT2D eigenvalue weighted by molar-refractivity contribution is -0.120. The number of nitrogens with one attached hydrogen (secondary N) is 1. The number of carbonyl (C=O) groups is 3. The van der Waals surface area contributed by atoms with Crippen LogP contribution in [0.25, 0.3) is 0 Å². The molecular weight excluding hydrogens is 392 g/mol. The maximum Gasteiger partial charge on any atom is 0.338 e. The fourth-order valence-corrected chi connectivity index (χ4v) is 3.09. The Bertz CT molecular complexity index is 1010. The first-order chi connectivity index (χ1) is 13.8. The van der Waals surface area contributed by atoms with Gasteiger partial charge in [0.25, 0.3) is 11.8 Å². The molecule has 0 saturated heterocycles. The average molecular weight is 413 g/mol. The number of amides is 2. The molecule has 1 heterocycles. The van der Waals surface area contributed by atoms with Crippen molar-refractivity contribution in [3.63, 3.8) is 0 Å². The summed E-state index contributed by atoms with van der Waals surface area (Å²) in [6, 6.07) is 11.8. The number of nitrogens with zero attached hydrogens (tertiary/aromatic N) is 1. The Morgan fingerprint density at radius 2 is 1.76 bits per heavy atom. The second-order valence-electron chi connectivity index (χ2n) is 6.76. The van der Waals surface area contributed by atoms with Gasteiger partial charge in [-0.2, -0.15) is 0 Å². The maximum atomic E-state index is 12.9. The third-order valence-electron chi connectivity index (χ3n) is 4.48. The normalized spacial score (nSPS) is 13.9. The second-order valence-corrected chi connectivity index (χ2v) is 7.14. The van der Waals surface area contributed by atoms with Crippen LogP contribution in [-0.2, 0) is 14.3 Å². The number of anilines is 2. The lowest BCUT2D eigenvalue weighted by atomic mass is 10.1. The van der Waals surface area contributed by atoms with Crippen molar-refractivity contribution in [1.82, 2.24) is 0 Å². The fraction of sp³-hybridized carbons (Fsp3) is 0.227. The van der Waals surface area contributed by atoms with Gasteiger partial charge in [0.05, 0.1) is 17.9 Å². The molecular formula is C22H21ClN2O4. The van der Waals surface area contributed by atoms with Gasteiger partial charge < -0.3 is 10.1 Å². The summed E-state index contributed by atoms with van der Waals surface area (Å²) in [5, 5.41) is 2.82. The van der Waals surface area contributed by atoms with E-state index in [9.17, 15) is 14.4 Å². The van der Waals surface area contributed by atoms with Crippen molar-refractivity contribution >= 4 is 40.8 Å². The van der Waals surface area contributed by atoms with E-state index >= 15 is 0 Å². The molecule has 0 atom stereocenters. The number of imide groups is 1. The highest BCUT2D eigenvalue weighted by Gasteiger charge is 2.39. The van der Waals surface area contributed by atoms with Crippen LogP contribution in [0.5, 0.6) is 0 Å². The van der Waals surface area contributed by atoms with Crippen LogP contribution in [0, 0.1) is 13.8 Å². The summed E-state index contributed by atoms with van der Waals surface area (Å²) in [6.45, 7) is 6.06. The monoisotopic (exact) mass is 412 g/mol. The van der Waals surface area contributed by atoms with Gasteiger partial charge in [-0.15, -0.1) is 0 Å². The smallest absolute Gasteiger partial charge is 0.338 e. The molecule has 0 aromatic heterocycles. The highest BCUT2D eigenvalue weighted by atomic mass is 35.5. The Morgan fingerprint density at radius 1 is 1.07 bits per heavy atom. The van der Waals surface area contributed by atoms with E-state index in [0.717, 1.165) is 22.4 Å². The molecule has 7 heteroatoms. The number of hydrogen-bond acceptors (Lipinski definition) is 5. The van der Waals surface area contributed by atoms with Gasteiger partial charge in [0, 0.05) is 5.69 Å². The van der Waals surface area contributed by atoms with Crippen LogP contribution in [0.3, 0.4) is 0 Å². The van der Waals surface area contributed by atoms with E-state index in [1.54, 1.807) is 0 Å². The number of ether oxygens (including phenoxy) is 1. The van der Waals surface area contributed by atoms with Gasteiger partial charge >= 0.3 is 5.97 Å². The van der Waals surface area contributed by atoms with E-state index in [4.69, 9.17) is 16.3 Å². The maximum absolute atomic E-state index is 12.9. The predicted octanol–water partition coefficient (Wildman–Crippen LogP) is 4.31. The van der Waals surface area contributed by atoms with Gasteiger partial charge in [0.15, 0.2) is 0 Å². The standard InChI is InChI=1S/C22H21ClN2O4/c1-4-11-29-22(28)15-7-9-16(10-8-15)25-20(26)18(23)19(21(25)27)24-17-12-13(2)5-6-14(17)3/h5-10,12,24H,4,11H2,1-3H3. The minimum atomic E-state index is -0.620. The third-order valence-corrected chi connectivity index (χ3v) is 4.83. The molecule has 0 spiro atoms. The first-order valence-corrected chi connectivity index (χ1v) is 9.61. The van der Waals surface area contributed by atoms with E-state index in [1.807, 2.05) is 39.0 Å². The zero-order chi connectivity index (χ0) is 21.1. The number of rotatable bonds is 6. The highest BCUT2D eigenvalue weighted by Crippen LogP contribution is 2.31. The lowest BCUT2D eigenvalue weighted by Gasteiger charge is -2.16. The lowest BCUT2D eigenvalue weighted by Crippen LogP contribution is -2.32. The molecule has 1 N–H and O–H groups in total. The molecule has 0 bridgehead atoms. The topological polar surface area (TPSA) is 75.7 Å². The molecule has 0 aliphatic carbocycles. The molecule has 3 rings (SSSR count). The summed E-state index contributed by atoms with van der Waals surface area (Å²) < 4.78 is 5.08. The Labute approximate surface area is 174 Å². The van der Waals surface area contributed by atoms with Gasteiger partial charge in [-0.3, -0.25) is 9.59 Å². The van der Waals surface area contributed by atoms with E-state index in [-0.39, 0.29) is 10.7 Å². The van der Waals surface area contributed by atoms with Crippen molar-refractivity contribution < 1.29 is 19.1 Å². The molecule has 2 aromatic carbocycles. The van der Waals surface area contributed by atoms with E-state index in [0.29, 0.717) is 23.5 Å². The number of aryl methyl sites for hydroxylation is 2. The van der Waals surface area contributed by atoms with Crippen molar-refractivity contribution in [1.29, 1.82) is 0 Å². The predicted molar refractivity (Wildman–Crippen MR) is 112 cm³/mol. The fourth-order valence-electron chi connectivity index (χ4n) is 2.88. The minimum absolute atomic E-state index is 0.0248. The summed E-state index contributed by atoms with van der Waals surface area (Å²) in [7, 11) is 0. The Hall–Kier alpha value is -3.12. The van der Waals surface area contributed by atoms with Crippen molar-refractivity contribution in [2.75, 3.05) is 16.8 Å². The molecule has 6 nitrogen and oxygen atoms in total. The molecule has 1 aliphatic rings. The average Bonchev–Trinajstić information content (AvgIpc) is 2.92. The molecule has 0 radical (unpaired) electrons. The van der Waals surface area contributed by atoms with Crippen LogP contribution >= 0.6 is 11.6 Å². The Kier molecular flexibility index (Phi) is 6.03.